The van der Waals surface area contributed by atoms with Gasteiger partial charge in [0.2, 0.25) is 0 Å². The molecule has 21 heavy (non-hydrogen) atoms. The maximum Gasteiger partial charge on any atom is 0.410 e. The number of ether oxygens (including phenoxy) is 2. The molecule has 1 saturated heterocycles. The smallest absolute Gasteiger partial charge is 0.410 e. The average molecular weight is 313 g/mol. The van der Waals surface area contributed by atoms with Crippen molar-refractivity contribution in [1.82, 2.24) is 4.90 Å². The third kappa shape index (κ3) is 4.43. The Morgan fingerprint density at radius 3 is 2.71 bits per heavy atom. The number of carbonyl (C=O) groups is 1. The van der Waals surface area contributed by atoms with E-state index in [9.17, 15) is 4.79 Å². The molecule has 1 amide bonds. The SMILES string of the molecule is CC(C)(C)OC(=O)N1CC(COc2cc(Cl)ccc2N)C1. The van der Waals surface area contributed by atoms with Crippen molar-refractivity contribution in [2.75, 3.05) is 25.4 Å². The summed E-state index contributed by atoms with van der Waals surface area (Å²) in [4.78, 5) is 13.5. The van der Waals surface area contributed by atoms with Crippen LogP contribution < -0.4 is 10.5 Å². The number of nitrogens with zero attached hydrogens (tertiary/aromatic N) is 1. The molecule has 1 heterocycles. The average Bonchev–Trinajstić information content (AvgIpc) is 2.29. The summed E-state index contributed by atoms with van der Waals surface area (Å²) in [5, 5.41) is 0.586. The second-order valence-electron chi connectivity index (χ2n) is 6.24. The first kappa shape index (κ1) is 15.8. The fourth-order valence-corrected chi connectivity index (χ4v) is 2.15. The molecule has 6 heteroatoms. The van der Waals surface area contributed by atoms with Crippen LogP contribution in [0.5, 0.6) is 5.75 Å². The molecule has 0 unspecified atom stereocenters. The zero-order valence-corrected chi connectivity index (χ0v) is 13.3. The van der Waals surface area contributed by atoms with Crippen molar-refractivity contribution < 1.29 is 14.3 Å². The lowest BCUT2D eigenvalue weighted by Gasteiger charge is -2.39. The van der Waals surface area contributed by atoms with E-state index in [0.29, 0.717) is 36.2 Å². The summed E-state index contributed by atoms with van der Waals surface area (Å²) in [6.07, 6.45) is -0.277. The molecule has 5 nitrogen and oxygen atoms in total. The maximum absolute atomic E-state index is 11.8. The Morgan fingerprint density at radius 1 is 1.43 bits per heavy atom. The van der Waals surface area contributed by atoms with E-state index in [2.05, 4.69) is 0 Å². The van der Waals surface area contributed by atoms with E-state index in [1.807, 2.05) is 20.8 Å². The Hall–Kier alpha value is -1.62. The van der Waals surface area contributed by atoms with Crippen molar-refractivity contribution in [1.29, 1.82) is 0 Å². The van der Waals surface area contributed by atoms with Crippen LogP contribution in [0, 0.1) is 5.92 Å². The van der Waals surface area contributed by atoms with Crippen molar-refractivity contribution in [2.24, 2.45) is 5.92 Å². The Morgan fingerprint density at radius 2 is 2.10 bits per heavy atom. The van der Waals surface area contributed by atoms with Crippen LogP contribution in [-0.2, 0) is 4.74 Å². The molecule has 0 atom stereocenters. The first-order valence-electron chi connectivity index (χ1n) is 6.90. The lowest BCUT2D eigenvalue weighted by Crippen LogP contribution is -2.53. The van der Waals surface area contributed by atoms with Crippen molar-refractivity contribution in [3.63, 3.8) is 0 Å². The van der Waals surface area contributed by atoms with Gasteiger partial charge in [-0.25, -0.2) is 4.79 Å². The topological polar surface area (TPSA) is 64.8 Å². The highest BCUT2D eigenvalue weighted by Crippen LogP contribution is 2.27. The highest BCUT2D eigenvalue weighted by Gasteiger charge is 2.34. The second kappa shape index (κ2) is 6.02. The van der Waals surface area contributed by atoms with Gasteiger partial charge in [0.15, 0.2) is 0 Å². The molecule has 2 N–H and O–H groups in total. The first-order valence-corrected chi connectivity index (χ1v) is 7.28. The molecule has 0 spiro atoms. The van der Waals surface area contributed by atoms with Gasteiger partial charge < -0.3 is 20.1 Å². The van der Waals surface area contributed by atoms with E-state index in [-0.39, 0.29) is 12.0 Å². The zero-order valence-electron chi connectivity index (χ0n) is 12.6. The van der Waals surface area contributed by atoms with Crippen LogP contribution in [0.15, 0.2) is 18.2 Å². The van der Waals surface area contributed by atoms with Crippen LogP contribution in [0.3, 0.4) is 0 Å². The van der Waals surface area contributed by atoms with Crippen molar-refractivity contribution >= 4 is 23.4 Å². The number of carbonyl (C=O) groups excluding carboxylic acids is 1. The summed E-state index contributed by atoms with van der Waals surface area (Å²) < 4.78 is 11.0. The maximum atomic E-state index is 11.8. The van der Waals surface area contributed by atoms with Crippen LogP contribution >= 0.6 is 11.6 Å². The summed E-state index contributed by atoms with van der Waals surface area (Å²) in [5.41, 5.74) is 5.91. The van der Waals surface area contributed by atoms with Crippen molar-refractivity contribution in [2.45, 2.75) is 26.4 Å². The molecule has 0 aromatic heterocycles. The molecule has 1 aromatic carbocycles. The second-order valence-corrected chi connectivity index (χ2v) is 6.68. The first-order chi connectivity index (χ1) is 9.74. The fourth-order valence-electron chi connectivity index (χ4n) is 1.99. The van der Waals surface area contributed by atoms with Gasteiger partial charge in [0, 0.05) is 30.1 Å². The van der Waals surface area contributed by atoms with Crippen LogP contribution in [0.2, 0.25) is 5.02 Å². The minimum absolute atomic E-state index is 0.277. The number of hydrogen-bond donors (Lipinski definition) is 1. The summed E-state index contributed by atoms with van der Waals surface area (Å²) in [5.74, 6) is 0.870. The molecule has 0 radical (unpaired) electrons. The Kier molecular flexibility index (Phi) is 4.52. The number of likely N-dealkylation sites (tertiary alicyclic amines) is 1. The van der Waals surface area contributed by atoms with Gasteiger partial charge in [0.05, 0.1) is 12.3 Å². The van der Waals surface area contributed by atoms with Crippen molar-refractivity contribution in [3.8, 4) is 5.75 Å². The van der Waals surface area contributed by atoms with Crippen molar-refractivity contribution in [3.05, 3.63) is 23.2 Å². The molecule has 116 valence electrons. The van der Waals surface area contributed by atoms with Crippen LogP contribution in [0.1, 0.15) is 20.8 Å². The Labute approximate surface area is 130 Å². The van der Waals surface area contributed by atoms with Gasteiger partial charge in [-0.05, 0) is 32.9 Å². The summed E-state index contributed by atoms with van der Waals surface area (Å²) in [6, 6.07) is 5.13. The van der Waals surface area contributed by atoms with E-state index < -0.39 is 5.60 Å². The Balaban J connectivity index is 1.76. The number of anilines is 1. The third-order valence-electron chi connectivity index (χ3n) is 3.06. The predicted octanol–water partition coefficient (Wildman–Crippen LogP) is 3.17. The molecular weight excluding hydrogens is 292 g/mol. The van der Waals surface area contributed by atoms with Gasteiger partial charge in [-0.3, -0.25) is 0 Å². The lowest BCUT2D eigenvalue weighted by molar-refractivity contribution is -0.00777. The van der Waals surface area contributed by atoms with Gasteiger partial charge in [0.1, 0.15) is 11.4 Å². The normalized spacial score (nSPS) is 15.5. The number of nitrogens with two attached hydrogens (primary N) is 1. The van der Waals surface area contributed by atoms with Gasteiger partial charge in [-0.15, -0.1) is 0 Å². The Bertz CT molecular complexity index is 522. The van der Waals surface area contributed by atoms with Crippen LogP contribution in [-0.4, -0.2) is 36.3 Å². The highest BCUT2D eigenvalue weighted by atomic mass is 35.5. The summed E-state index contributed by atoms with van der Waals surface area (Å²) in [6.45, 7) is 7.34. The quantitative estimate of drug-likeness (QED) is 0.871. The minimum Gasteiger partial charge on any atom is -0.491 e. The van der Waals surface area contributed by atoms with E-state index in [1.165, 1.54) is 0 Å². The fraction of sp³-hybridized carbons (Fsp3) is 0.533. The van der Waals surface area contributed by atoms with E-state index >= 15 is 0 Å². The standard InChI is InChI=1S/C15H21ClN2O3/c1-15(2,3)21-14(19)18-7-10(8-18)9-20-13-6-11(16)4-5-12(13)17/h4-6,10H,7-9,17H2,1-3H3. The number of rotatable bonds is 3. The third-order valence-corrected chi connectivity index (χ3v) is 3.29. The summed E-state index contributed by atoms with van der Waals surface area (Å²) >= 11 is 5.90. The highest BCUT2D eigenvalue weighted by molar-refractivity contribution is 6.30. The zero-order chi connectivity index (χ0) is 15.6. The monoisotopic (exact) mass is 312 g/mol. The van der Waals surface area contributed by atoms with Gasteiger partial charge >= 0.3 is 6.09 Å². The molecular formula is C15H21ClN2O3. The lowest BCUT2D eigenvalue weighted by atomic mass is 10.0. The minimum atomic E-state index is -0.464. The molecule has 0 aliphatic carbocycles. The number of halogens is 1. The van der Waals surface area contributed by atoms with E-state index in [4.69, 9.17) is 26.8 Å². The van der Waals surface area contributed by atoms with Gasteiger partial charge in [-0.1, -0.05) is 11.6 Å². The number of amides is 1. The molecule has 2 rings (SSSR count). The summed E-state index contributed by atoms with van der Waals surface area (Å²) in [7, 11) is 0. The van der Waals surface area contributed by atoms with Crippen LogP contribution in [0.25, 0.3) is 0 Å². The van der Waals surface area contributed by atoms with Crippen LogP contribution in [0.4, 0.5) is 10.5 Å². The molecule has 0 saturated carbocycles. The largest absolute Gasteiger partial charge is 0.491 e. The predicted molar refractivity (Wildman–Crippen MR) is 82.7 cm³/mol. The molecule has 1 fully saturated rings. The van der Waals surface area contributed by atoms with Gasteiger partial charge in [-0.2, -0.15) is 0 Å². The van der Waals surface area contributed by atoms with E-state index in [0.717, 1.165) is 0 Å². The number of nitrogen functional groups attached to an aromatic ring is 1. The number of benzene rings is 1. The molecule has 0 bridgehead atoms. The molecule has 1 aliphatic heterocycles. The molecule has 1 aliphatic rings. The molecule has 1 aromatic rings. The number of hydrogen-bond acceptors (Lipinski definition) is 4. The van der Waals surface area contributed by atoms with E-state index in [1.54, 1.807) is 23.1 Å². The van der Waals surface area contributed by atoms with Gasteiger partial charge in [0.25, 0.3) is 0 Å².